The van der Waals surface area contributed by atoms with Gasteiger partial charge in [-0.15, -0.1) is 0 Å². The van der Waals surface area contributed by atoms with Gasteiger partial charge in [-0.05, 0) is 36.5 Å². The summed E-state index contributed by atoms with van der Waals surface area (Å²) in [4.78, 5) is 24.2. The minimum atomic E-state index is -0.368. The van der Waals surface area contributed by atoms with E-state index in [0.717, 1.165) is 12.8 Å². The lowest BCUT2D eigenvalue weighted by Gasteiger charge is -2.44. The number of hydrogen-bond donors (Lipinski definition) is 0. The average molecular weight is 252 g/mol. The van der Waals surface area contributed by atoms with Gasteiger partial charge < -0.3 is 0 Å². The van der Waals surface area contributed by atoms with E-state index in [1.807, 2.05) is 0 Å². The summed E-state index contributed by atoms with van der Waals surface area (Å²) in [5, 5.41) is 0. The van der Waals surface area contributed by atoms with Crippen molar-refractivity contribution in [3.63, 3.8) is 0 Å². The molecule has 0 amide bonds. The highest BCUT2D eigenvalue weighted by atomic mass is 16.2. The van der Waals surface area contributed by atoms with Crippen LogP contribution >= 0.6 is 0 Å². The van der Waals surface area contributed by atoms with Gasteiger partial charge in [0.25, 0.3) is 0 Å². The summed E-state index contributed by atoms with van der Waals surface area (Å²) in [6.07, 6.45) is 1.67. The Morgan fingerprint density at radius 1 is 1.00 bits per heavy atom. The van der Waals surface area contributed by atoms with Crippen molar-refractivity contribution in [3.05, 3.63) is 0 Å². The third-order valence-electron chi connectivity index (χ3n) is 4.49. The van der Waals surface area contributed by atoms with E-state index in [1.54, 1.807) is 6.92 Å². The Morgan fingerprint density at radius 3 is 1.83 bits per heavy atom. The molecule has 0 aromatic carbocycles. The van der Waals surface area contributed by atoms with E-state index in [-0.39, 0.29) is 34.2 Å². The molecule has 1 fully saturated rings. The van der Waals surface area contributed by atoms with Crippen molar-refractivity contribution < 1.29 is 9.59 Å². The van der Waals surface area contributed by atoms with E-state index in [1.165, 1.54) is 0 Å². The van der Waals surface area contributed by atoms with E-state index in [4.69, 9.17) is 0 Å². The van der Waals surface area contributed by atoms with Gasteiger partial charge in [-0.25, -0.2) is 0 Å². The highest BCUT2D eigenvalue weighted by Crippen LogP contribution is 2.46. The standard InChI is InChI=1S/C16H28O2/c1-10(17)12-8-11(15(2,3)4)9-13(14(12)18)16(5,6)7/h11-13H,8-9H2,1-7H3. The fourth-order valence-corrected chi connectivity index (χ4v) is 2.99. The lowest BCUT2D eigenvalue weighted by atomic mass is 9.59. The molecule has 2 nitrogen and oxygen atoms in total. The number of carbonyl (C=O) groups excluding carboxylic acids is 2. The summed E-state index contributed by atoms with van der Waals surface area (Å²) >= 11 is 0. The van der Waals surface area contributed by atoms with Gasteiger partial charge in [0.15, 0.2) is 0 Å². The molecule has 3 unspecified atom stereocenters. The Hall–Kier alpha value is -0.660. The molecule has 0 aliphatic heterocycles. The second kappa shape index (κ2) is 4.79. The minimum absolute atomic E-state index is 0.0179. The summed E-state index contributed by atoms with van der Waals surface area (Å²) in [6, 6.07) is 0. The summed E-state index contributed by atoms with van der Waals surface area (Å²) in [7, 11) is 0. The number of hydrogen-bond acceptors (Lipinski definition) is 2. The van der Waals surface area contributed by atoms with E-state index in [9.17, 15) is 9.59 Å². The molecule has 18 heavy (non-hydrogen) atoms. The highest BCUT2D eigenvalue weighted by molar-refractivity contribution is 6.03. The van der Waals surface area contributed by atoms with E-state index < -0.39 is 0 Å². The fourth-order valence-electron chi connectivity index (χ4n) is 2.99. The molecule has 1 rings (SSSR count). The average Bonchev–Trinajstić information content (AvgIpc) is 2.13. The zero-order chi connectivity index (χ0) is 14.3. The molecule has 104 valence electrons. The van der Waals surface area contributed by atoms with E-state index in [0.29, 0.717) is 5.92 Å². The van der Waals surface area contributed by atoms with Crippen molar-refractivity contribution in [1.82, 2.24) is 0 Å². The first-order valence-corrected chi connectivity index (χ1v) is 6.98. The Labute approximate surface area is 112 Å². The Kier molecular flexibility index (Phi) is 4.10. The quantitative estimate of drug-likeness (QED) is 0.664. The van der Waals surface area contributed by atoms with Crippen LogP contribution in [0.25, 0.3) is 0 Å². The van der Waals surface area contributed by atoms with Gasteiger partial charge in [-0.3, -0.25) is 9.59 Å². The molecule has 0 radical (unpaired) electrons. The molecule has 0 N–H and O–H groups in total. The third-order valence-corrected chi connectivity index (χ3v) is 4.49. The lowest BCUT2D eigenvalue weighted by Crippen LogP contribution is -2.45. The summed E-state index contributed by atoms with van der Waals surface area (Å²) < 4.78 is 0. The minimum Gasteiger partial charge on any atom is -0.299 e. The first-order valence-electron chi connectivity index (χ1n) is 6.98. The van der Waals surface area contributed by atoms with Crippen molar-refractivity contribution in [2.45, 2.75) is 61.3 Å². The van der Waals surface area contributed by atoms with Crippen molar-refractivity contribution >= 4 is 11.6 Å². The van der Waals surface area contributed by atoms with Gasteiger partial charge >= 0.3 is 0 Å². The molecule has 0 heterocycles. The van der Waals surface area contributed by atoms with Crippen molar-refractivity contribution in [1.29, 1.82) is 0 Å². The highest BCUT2D eigenvalue weighted by Gasteiger charge is 2.46. The molecule has 1 aliphatic carbocycles. The summed E-state index contributed by atoms with van der Waals surface area (Å²) in [5.41, 5.74) is 0.118. The van der Waals surface area contributed by atoms with Gasteiger partial charge in [0.2, 0.25) is 0 Å². The Morgan fingerprint density at radius 2 is 1.50 bits per heavy atom. The fraction of sp³-hybridized carbons (Fsp3) is 0.875. The van der Waals surface area contributed by atoms with Gasteiger partial charge in [-0.2, -0.15) is 0 Å². The van der Waals surface area contributed by atoms with Crippen molar-refractivity contribution in [2.24, 2.45) is 28.6 Å². The van der Waals surface area contributed by atoms with Crippen LogP contribution in [-0.2, 0) is 9.59 Å². The number of Topliss-reactive ketones (excluding diaryl/α,β-unsaturated/α-hetero) is 2. The smallest absolute Gasteiger partial charge is 0.146 e. The van der Waals surface area contributed by atoms with E-state index in [2.05, 4.69) is 41.5 Å². The van der Waals surface area contributed by atoms with Crippen LogP contribution in [0.1, 0.15) is 61.3 Å². The molecular weight excluding hydrogens is 224 g/mol. The maximum atomic E-state index is 12.5. The molecule has 1 aliphatic rings. The predicted molar refractivity (Wildman–Crippen MR) is 74.3 cm³/mol. The third kappa shape index (κ3) is 3.21. The molecule has 0 bridgehead atoms. The summed E-state index contributed by atoms with van der Waals surface area (Å²) in [5.74, 6) is 0.323. The first-order chi connectivity index (χ1) is 7.94. The van der Waals surface area contributed by atoms with E-state index >= 15 is 0 Å². The SMILES string of the molecule is CC(=O)C1CC(C(C)(C)C)CC(C(C)(C)C)C1=O. The lowest BCUT2D eigenvalue weighted by molar-refractivity contribution is -0.142. The topological polar surface area (TPSA) is 34.1 Å². The van der Waals surface area contributed by atoms with Gasteiger partial charge in [0.05, 0.1) is 5.92 Å². The van der Waals surface area contributed by atoms with Crippen LogP contribution in [-0.4, -0.2) is 11.6 Å². The molecule has 0 aromatic heterocycles. The number of ketones is 2. The maximum Gasteiger partial charge on any atom is 0.146 e. The second-order valence-electron chi connectivity index (χ2n) is 8.02. The van der Waals surface area contributed by atoms with Crippen molar-refractivity contribution in [2.75, 3.05) is 0 Å². The second-order valence-corrected chi connectivity index (χ2v) is 8.02. The largest absolute Gasteiger partial charge is 0.299 e. The Bertz CT molecular complexity index is 341. The van der Waals surface area contributed by atoms with Crippen LogP contribution in [0.2, 0.25) is 0 Å². The molecular formula is C16H28O2. The zero-order valence-electron chi connectivity index (χ0n) is 13.0. The monoisotopic (exact) mass is 252 g/mol. The van der Waals surface area contributed by atoms with Crippen LogP contribution < -0.4 is 0 Å². The van der Waals surface area contributed by atoms with Gasteiger partial charge in [-0.1, -0.05) is 41.5 Å². The van der Waals surface area contributed by atoms with Crippen LogP contribution in [0.3, 0.4) is 0 Å². The molecule has 3 atom stereocenters. The molecule has 0 saturated heterocycles. The molecule has 2 heteroatoms. The normalized spacial score (nSPS) is 30.4. The Balaban J connectivity index is 3.07. The van der Waals surface area contributed by atoms with Crippen LogP contribution in [0.4, 0.5) is 0 Å². The number of carbonyl (C=O) groups is 2. The number of rotatable bonds is 1. The first kappa shape index (κ1) is 15.4. The predicted octanol–water partition coefficient (Wildman–Crippen LogP) is 3.88. The molecule has 0 aromatic rings. The zero-order valence-corrected chi connectivity index (χ0v) is 13.0. The van der Waals surface area contributed by atoms with Gasteiger partial charge in [0.1, 0.15) is 11.6 Å². The molecule has 1 saturated carbocycles. The molecule has 0 spiro atoms. The van der Waals surface area contributed by atoms with Crippen LogP contribution in [0, 0.1) is 28.6 Å². The summed E-state index contributed by atoms with van der Waals surface area (Å²) in [6.45, 7) is 14.5. The van der Waals surface area contributed by atoms with Crippen LogP contribution in [0.15, 0.2) is 0 Å². The maximum absolute atomic E-state index is 12.5. The van der Waals surface area contributed by atoms with Crippen LogP contribution in [0.5, 0.6) is 0 Å². The van der Waals surface area contributed by atoms with Gasteiger partial charge in [0, 0.05) is 5.92 Å². The van der Waals surface area contributed by atoms with Crippen molar-refractivity contribution in [3.8, 4) is 0 Å².